The van der Waals surface area contributed by atoms with E-state index in [1.165, 1.54) is 6.07 Å². The SMILES string of the molecule is CC1(C)COCCN1CC(=O)Cc1ccccc1F. The number of ether oxygens (including phenoxy) is 1. The van der Waals surface area contributed by atoms with Gasteiger partial charge in [0.05, 0.1) is 19.8 Å². The number of nitrogens with zero attached hydrogens (tertiary/aromatic N) is 1. The Bertz CT molecular complexity index is 459. The summed E-state index contributed by atoms with van der Waals surface area (Å²) in [6, 6.07) is 6.44. The van der Waals surface area contributed by atoms with Crippen LogP contribution in [0.25, 0.3) is 0 Å². The van der Waals surface area contributed by atoms with Gasteiger partial charge in [0, 0.05) is 18.5 Å². The Hall–Kier alpha value is -1.26. The lowest BCUT2D eigenvalue weighted by atomic mass is 10.0. The first-order chi connectivity index (χ1) is 8.99. The maximum atomic E-state index is 13.5. The molecule has 0 unspecified atom stereocenters. The standard InChI is InChI=1S/C15H20FNO2/c1-15(2)11-19-8-7-17(15)10-13(18)9-12-5-3-4-6-14(12)16/h3-6H,7-11H2,1-2H3. The molecule has 1 aliphatic heterocycles. The zero-order valence-corrected chi connectivity index (χ0v) is 11.5. The fourth-order valence-electron chi connectivity index (χ4n) is 2.31. The van der Waals surface area contributed by atoms with Crippen molar-refractivity contribution in [3.05, 3.63) is 35.6 Å². The number of benzene rings is 1. The van der Waals surface area contributed by atoms with Crippen LogP contribution in [0.15, 0.2) is 24.3 Å². The molecule has 0 spiro atoms. The predicted molar refractivity (Wildman–Crippen MR) is 71.6 cm³/mol. The van der Waals surface area contributed by atoms with E-state index in [1.54, 1.807) is 18.2 Å². The van der Waals surface area contributed by atoms with Crippen LogP contribution in [-0.4, -0.2) is 42.5 Å². The quantitative estimate of drug-likeness (QED) is 0.834. The predicted octanol–water partition coefficient (Wildman–Crippen LogP) is 2.05. The summed E-state index contributed by atoms with van der Waals surface area (Å²) in [4.78, 5) is 14.2. The summed E-state index contributed by atoms with van der Waals surface area (Å²) in [5.41, 5.74) is 0.335. The third-order valence-electron chi connectivity index (χ3n) is 3.53. The molecule has 4 heteroatoms. The highest BCUT2D eigenvalue weighted by Gasteiger charge is 2.31. The molecule has 0 N–H and O–H groups in total. The summed E-state index contributed by atoms with van der Waals surface area (Å²) in [6.07, 6.45) is 0.153. The van der Waals surface area contributed by atoms with Crippen molar-refractivity contribution < 1.29 is 13.9 Å². The number of ketones is 1. The molecule has 0 bridgehead atoms. The van der Waals surface area contributed by atoms with Crippen LogP contribution >= 0.6 is 0 Å². The van der Waals surface area contributed by atoms with Gasteiger partial charge >= 0.3 is 0 Å². The average Bonchev–Trinajstić information content (AvgIpc) is 2.35. The zero-order chi connectivity index (χ0) is 13.9. The molecule has 1 saturated heterocycles. The van der Waals surface area contributed by atoms with Gasteiger partial charge in [0.15, 0.2) is 5.78 Å². The zero-order valence-electron chi connectivity index (χ0n) is 11.5. The first-order valence-corrected chi connectivity index (χ1v) is 6.57. The molecular formula is C15H20FNO2. The first-order valence-electron chi connectivity index (χ1n) is 6.57. The molecule has 1 aliphatic rings. The number of hydrogen-bond donors (Lipinski definition) is 0. The summed E-state index contributed by atoms with van der Waals surface area (Å²) in [5.74, 6) is -0.267. The second-order valence-electron chi connectivity index (χ2n) is 5.59. The van der Waals surface area contributed by atoms with Gasteiger partial charge in [-0.15, -0.1) is 0 Å². The normalized spacial score (nSPS) is 19.3. The summed E-state index contributed by atoms with van der Waals surface area (Å²) < 4.78 is 18.9. The van der Waals surface area contributed by atoms with Crippen LogP contribution in [0.4, 0.5) is 4.39 Å². The lowest BCUT2D eigenvalue weighted by Gasteiger charge is -2.41. The van der Waals surface area contributed by atoms with Crippen LogP contribution in [0.1, 0.15) is 19.4 Å². The van der Waals surface area contributed by atoms with Crippen LogP contribution < -0.4 is 0 Å². The van der Waals surface area contributed by atoms with Gasteiger partial charge < -0.3 is 4.74 Å². The van der Waals surface area contributed by atoms with Crippen LogP contribution in [-0.2, 0) is 16.0 Å². The maximum Gasteiger partial charge on any atom is 0.151 e. The van der Waals surface area contributed by atoms with Gasteiger partial charge in [-0.25, -0.2) is 4.39 Å². The van der Waals surface area contributed by atoms with E-state index in [1.807, 2.05) is 0 Å². The van der Waals surface area contributed by atoms with E-state index in [4.69, 9.17) is 4.74 Å². The van der Waals surface area contributed by atoms with Crippen molar-refractivity contribution in [2.24, 2.45) is 0 Å². The van der Waals surface area contributed by atoms with Crippen molar-refractivity contribution in [2.75, 3.05) is 26.3 Å². The third-order valence-corrected chi connectivity index (χ3v) is 3.53. The molecule has 19 heavy (non-hydrogen) atoms. The van der Waals surface area contributed by atoms with Gasteiger partial charge in [0.2, 0.25) is 0 Å². The molecule has 1 fully saturated rings. The minimum atomic E-state index is -0.308. The van der Waals surface area contributed by atoms with E-state index < -0.39 is 0 Å². The second-order valence-corrected chi connectivity index (χ2v) is 5.59. The molecule has 0 aliphatic carbocycles. The van der Waals surface area contributed by atoms with Crippen LogP contribution in [0.2, 0.25) is 0 Å². The fraction of sp³-hybridized carbons (Fsp3) is 0.533. The number of carbonyl (C=O) groups excluding carboxylic acids is 1. The van der Waals surface area contributed by atoms with Crippen LogP contribution in [0.3, 0.4) is 0 Å². The van der Waals surface area contributed by atoms with Gasteiger partial charge in [-0.05, 0) is 25.5 Å². The minimum Gasteiger partial charge on any atom is -0.378 e. The lowest BCUT2D eigenvalue weighted by Crippen LogP contribution is -2.54. The molecule has 0 radical (unpaired) electrons. The Morgan fingerprint density at radius 3 is 2.84 bits per heavy atom. The Balaban J connectivity index is 1.96. The number of Topliss-reactive ketones (excluding diaryl/α,β-unsaturated/α-hetero) is 1. The van der Waals surface area contributed by atoms with Gasteiger partial charge in [0.1, 0.15) is 5.82 Å². The number of halogens is 1. The van der Waals surface area contributed by atoms with Gasteiger partial charge in [-0.2, -0.15) is 0 Å². The van der Waals surface area contributed by atoms with E-state index >= 15 is 0 Å². The number of carbonyl (C=O) groups is 1. The van der Waals surface area contributed by atoms with Crippen molar-refractivity contribution in [3.8, 4) is 0 Å². The van der Waals surface area contributed by atoms with E-state index in [-0.39, 0.29) is 23.6 Å². The highest BCUT2D eigenvalue weighted by atomic mass is 19.1. The number of morpholine rings is 1. The third kappa shape index (κ3) is 3.61. The Morgan fingerprint density at radius 2 is 2.16 bits per heavy atom. The molecule has 0 saturated carbocycles. The van der Waals surface area contributed by atoms with Gasteiger partial charge in [0.25, 0.3) is 0 Å². The number of rotatable bonds is 4. The molecule has 1 aromatic carbocycles. The molecule has 3 nitrogen and oxygen atoms in total. The number of hydrogen-bond acceptors (Lipinski definition) is 3. The van der Waals surface area contributed by atoms with E-state index in [2.05, 4.69) is 18.7 Å². The van der Waals surface area contributed by atoms with E-state index in [0.29, 0.717) is 25.3 Å². The summed E-state index contributed by atoms with van der Waals surface area (Å²) >= 11 is 0. The Labute approximate surface area is 113 Å². The monoisotopic (exact) mass is 265 g/mol. The Kier molecular flexibility index (Phi) is 4.32. The topological polar surface area (TPSA) is 29.5 Å². The van der Waals surface area contributed by atoms with Gasteiger partial charge in [-0.3, -0.25) is 9.69 Å². The van der Waals surface area contributed by atoms with Crippen molar-refractivity contribution in [2.45, 2.75) is 25.8 Å². The highest BCUT2D eigenvalue weighted by Crippen LogP contribution is 2.19. The molecule has 0 atom stereocenters. The van der Waals surface area contributed by atoms with Gasteiger partial charge in [-0.1, -0.05) is 18.2 Å². The van der Waals surface area contributed by atoms with Crippen molar-refractivity contribution >= 4 is 5.78 Å². The van der Waals surface area contributed by atoms with E-state index in [9.17, 15) is 9.18 Å². The molecule has 1 heterocycles. The van der Waals surface area contributed by atoms with Crippen molar-refractivity contribution in [1.29, 1.82) is 0 Å². The summed E-state index contributed by atoms with van der Waals surface area (Å²) in [7, 11) is 0. The first kappa shape index (κ1) is 14.2. The molecule has 0 amide bonds. The van der Waals surface area contributed by atoms with E-state index in [0.717, 1.165) is 6.54 Å². The molecular weight excluding hydrogens is 245 g/mol. The maximum absolute atomic E-state index is 13.5. The summed E-state index contributed by atoms with van der Waals surface area (Å²) in [5, 5.41) is 0. The molecule has 104 valence electrons. The summed E-state index contributed by atoms with van der Waals surface area (Å²) in [6.45, 7) is 6.49. The molecule has 0 aromatic heterocycles. The molecule has 2 rings (SSSR count). The fourth-order valence-corrected chi connectivity index (χ4v) is 2.31. The van der Waals surface area contributed by atoms with Crippen molar-refractivity contribution in [1.82, 2.24) is 4.90 Å². The largest absolute Gasteiger partial charge is 0.378 e. The van der Waals surface area contributed by atoms with Crippen LogP contribution in [0.5, 0.6) is 0 Å². The Morgan fingerprint density at radius 1 is 1.42 bits per heavy atom. The second kappa shape index (κ2) is 5.80. The highest BCUT2D eigenvalue weighted by molar-refractivity contribution is 5.82. The smallest absolute Gasteiger partial charge is 0.151 e. The van der Waals surface area contributed by atoms with Crippen LogP contribution in [0, 0.1) is 5.82 Å². The van der Waals surface area contributed by atoms with Crippen molar-refractivity contribution in [3.63, 3.8) is 0 Å². The lowest BCUT2D eigenvalue weighted by molar-refractivity contribution is -0.124. The minimum absolute atomic E-state index is 0.0417. The molecule has 1 aromatic rings. The average molecular weight is 265 g/mol.